The molecule has 1 aromatic carbocycles. The molecule has 0 aliphatic rings. The van der Waals surface area contributed by atoms with Crippen LogP contribution in [0.4, 0.5) is 4.39 Å². The van der Waals surface area contributed by atoms with Crippen molar-refractivity contribution in [1.82, 2.24) is 15.1 Å². The van der Waals surface area contributed by atoms with Crippen molar-refractivity contribution < 1.29 is 9.18 Å². The summed E-state index contributed by atoms with van der Waals surface area (Å²) in [7, 11) is 0. The largest absolute Gasteiger partial charge is 0.344 e. The average molecular weight is 332 g/mol. The topological polar surface area (TPSA) is 90.0 Å². The zero-order valence-corrected chi connectivity index (χ0v) is 13.8. The van der Waals surface area contributed by atoms with Crippen LogP contribution < -0.4 is 16.6 Å². The van der Waals surface area contributed by atoms with Crippen molar-refractivity contribution in [3.63, 3.8) is 0 Å². The van der Waals surface area contributed by atoms with Gasteiger partial charge in [0.15, 0.2) is 0 Å². The number of rotatable bonds is 6. The number of nitrogens with zero attached hydrogens (tertiary/aromatic N) is 2. The van der Waals surface area contributed by atoms with E-state index < -0.39 is 22.8 Å². The first-order chi connectivity index (χ1) is 11.4. The summed E-state index contributed by atoms with van der Waals surface area (Å²) in [6, 6.07) is 7.92. The van der Waals surface area contributed by atoms with Gasteiger partial charge in [0.1, 0.15) is 11.5 Å². The quantitative estimate of drug-likeness (QED) is 0.841. The molecule has 1 amide bonds. The van der Waals surface area contributed by atoms with E-state index in [0.29, 0.717) is 25.1 Å². The van der Waals surface area contributed by atoms with E-state index in [1.54, 1.807) is 0 Å². The SMILES string of the molecule is CCC(CC)(CN)NC(=O)c1ccc(=O)n(-c2ccc(F)cc2)n1. The molecule has 1 aromatic heterocycles. The Bertz CT molecular complexity index is 759. The Morgan fingerprint density at radius 1 is 1.21 bits per heavy atom. The second-order valence-electron chi connectivity index (χ2n) is 5.59. The molecule has 24 heavy (non-hydrogen) atoms. The molecule has 0 aliphatic heterocycles. The highest BCUT2D eigenvalue weighted by Gasteiger charge is 2.27. The summed E-state index contributed by atoms with van der Waals surface area (Å²) in [5.41, 5.74) is 5.35. The number of amides is 1. The standard InChI is InChI=1S/C17H21FN4O2/c1-3-17(4-2,11-19)20-16(24)14-9-10-15(23)22(21-14)13-7-5-12(18)6-8-13/h5-10H,3-4,11,19H2,1-2H3,(H,20,24). The number of hydrogen-bond acceptors (Lipinski definition) is 4. The van der Waals surface area contributed by atoms with Gasteiger partial charge in [-0.2, -0.15) is 9.78 Å². The van der Waals surface area contributed by atoms with Crippen molar-refractivity contribution in [2.75, 3.05) is 6.54 Å². The minimum Gasteiger partial charge on any atom is -0.344 e. The first-order valence-electron chi connectivity index (χ1n) is 7.83. The number of carbonyl (C=O) groups is 1. The number of halogens is 1. The summed E-state index contributed by atoms with van der Waals surface area (Å²) in [6.45, 7) is 4.20. The molecule has 0 unspecified atom stereocenters. The Morgan fingerprint density at radius 3 is 2.38 bits per heavy atom. The molecule has 0 saturated heterocycles. The van der Waals surface area contributed by atoms with Gasteiger partial charge in [0.2, 0.25) is 0 Å². The summed E-state index contributed by atoms with van der Waals surface area (Å²) < 4.78 is 14.1. The van der Waals surface area contributed by atoms with Crippen molar-refractivity contribution in [3.05, 3.63) is 58.3 Å². The van der Waals surface area contributed by atoms with E-state index in [1.165, 1.54) is 36.4 Å². The van der Waals surface area contributed by atoms with Crippen LogP contribution in [-0.4, -0.2) is 27.8 Å². The molecule has 0 radical (unpaired) electrons. The lowest BCUT2D eigenvalue weighted by molar-refractivity contribution is 0.0888. The van der Waals surface area contributed by atoms with E-state index in [-0.39, 0.29) is 5.69 Å². The van der Waals surface area contributed by atoms with Gasteiger partial charge in [-0.1, -0.05) is 13.8 Å². The van der Waals surface area contributed by atoms with Gasteiger partial charge in [0.05, 0.1) is 11.2 Å². The Kier molecular flexibility index (Phi) is 5.46. The van der Waals surface area contributed by atoms with Crippen LogP contribution >= 0.6 is 0 Å². The number of hydrogen-bond donors (Lipinski definition) is 2. The van der Waals surface area contributed by atoms with Gasteiger partial charge in [-0.15, -0.1) is 0 Å². The molecular formula is C17H21FN4O2. The maximum Gasteiger partial charge on any atom is 0.272 e. The lowest BCUT2D eigenvalue weighted by Gasteiger charge is -2.31. The molecule has 2 rings (SSSR count). The molecule has 0 bridgehead atoms. The third-order valence-corrected chi connectivity index (χ3v) is 4.23. The van der Waals surface area contributed by atoms with Crippen molar-refractivity contribution in [2.24, 2.45) is 5.73 Å². The van der Waals surface area contributed by atoms with Crippen LogP contribution in [0.15, 0.2) is 41.2 Å². The minimum atomic E-state index is -0.504. The van der Waals surface area contributed by atoms with Crippen LogP contribution in [0.5, 0.6) is 0 Å². The van der Waals surface area contributed by atoms with Crippen LogP contribution in [0.3, 0.4) is 0 Å². The fraction of sp³-hybridized carbons (Fsp3) is 0.353. The van der Waals surface area contributed by atoms with E-state index in [4.69, 9.17) is 5.73 Å². The van der Waals surface area contributed by atoms with Crippen LogP contribution in [-0.2, 0) is 0 Å². The summed E-state index contributed by atoms with van der Waals surface area (Å²) in [5, 5.41) is 6.99. The van der Waals surface area contributed by atoms with Gasteiger partial charge in [0, 0.05) is 12.6 Å². The summed E-state index contributed by atoms with van der Waals surface area (Å²) >= 11 is 0. The summed E-state index contributed by atoms with van der Waals surface area (Å²) in [5.74, 6) is -0.820. The number of carbonyl (C=O) groups excluding carboxylic acids is 1. The lowest BCUT2D eigenvalue weighted by atomic mass is 9.93. The molecule has 128 valence electrons. The maximum absolute atomic E-state index is 13.0. The normalized spacial score (nSPS) is 11.3. The molecule has 0 atom stereocenters. The monoisotopic (exact) mass is 332 g/mol. The molecule has 0 saturated carbocycles. The molecule has 3 N–H and O–H groups in total. The van der Waals surface area contributed by atoms with Crippen molar-refractivity contribution in [1.29, 1.82) is 0 Å². The van der Waals surface area contributed by atoms with Crippen molar-refractivity contribution in [3.8, 4) is 5.69 Å². The van der Waals surface area contributed by atoms with Crippen molar-refractivity contribution >= 4 is 5.91 Å². The first kappa shape index (κ1) is 17.8. The van der Waals surface area contributed by atoms with E-state index in [2.05, 4.69) is 10.4 Å². The van der Waals surface area contributed by atoms with Crippen LogP contribution in [0.25, 0.3) is 5.69 Å². The molecule has 1 heterocycles. The zero-order valence-electron chi connectivity index (χ0n) is 13.8. The van der Waals surface area contributed by atoms with Gasteiger partial charge in [-0.25, -0.2) is 4.39 Å². The molecule has 6 nitrogen and oxygen atoms in total. The third kappa shape index (κ3) is 3.68. The highest BCUT2D eigenvalue weighted by atomic mass is 19.1. The number of nitrogens with two attached hydrogens (primary N) is 1. The van der Waals surface area contributed by atoms with Crippen molar-refractivity contribution in [2.45, 2.75) is 32.2 Å². The Labute approximate surface area is 139 Å². The third-order valence-electron chi connectivity index (χ3n) is 4.23. The molecule has 0 aliphatic carbocycles. The van der Waals surface area contributed by atoms with Gasteiger partial charge in [0.25, 0.3) is 11.5 Å². The maximum atomic E-state index is 13.0. The Morgan fingerprint density at radius 2 is 1.83 bits per heavy atom. The van der Waals surface area contributed by atoms with E-state index >= 15 is 0 Å². The Balaban J connectivity index is 2.35. The number of benzene rings is 1. The zero-order chi connectivity index (χ0) is 17.7. The van der Waals surface area contributed by atoms with Gasteiger partial charge in [-0.3, -0.25) is 9.59 Å². The lowest BCUT2D eigenvalue weighted by Crippen LogP contribution is -2.53. The van der Waals surface area contributed by atoms with Crippen LogP contribution in [0.1, 0.15) is 37.2 Å². The van der Waals surface area contributed by atoms with E-state index in [0.717, 1.165) is 4.68 Å². The summed E-state index contributed by atoms with van der Waals surface area (Å²) in [4.78, 5) is 24.5. The smallest absolute Gasteiger partial charge is 0.272 e. The van der Waals surface area contributed by atoms with Gasteiger partial charge < -0.3 is 11.1 Å². The van der Waals surface area contributed by atoms with Gasteiger partial charge >= 0.3 is 0 Å². The molecule has 0 spiro atoms. The fourth-order valence-corrected chi connectivity index (χ4v) is 2.37. The van der Waals surface area contributed by atoms with Gasteiger partial charge in [-0.05, 0) is 43.2 Å². The molecule has 7 heteroatoms. The predicted molar refractivity (Wildman–Crippen MR) is 89.6 cm³/mol. The second-order valence-corrected chi connectivity index (χ2v) is 5.59. The first-order valence-corrected chi connectivity index (χ1v) is 7.83. The van der Waals surface area contributed by atoms with E-state index in [1.807, 2.05) is 13.8 Å². The number of aromatic nitrogens is 2. The van der Waals surface area contributed by atoms with Crippen LogP contribution in [0.2, 0.25) is 0 Å². The minimum absolute atomic E-state index is 0.0960. The highest BCUT2D eigenvalue weighted by molar-refractivity contribution is 5.92. The van der Waals surface area contributed by atoms with E-state index in [9.17, 15) is 14.0 Å². The highest BCUT2D eigenvalue weighted by Crippen LogP contribution is 2.14. The molecular weight excluding hydrogens is 311 g/mol. The molecule has 2 aromatic rings. The average Bonchev–Trinajstić information content (AvgIpc) is 2.61. The second kappa shape index (κ2) is 7.35. The Hall–Kier alpha value is -2.54. The summed E-state index contributed by atoms with van der Waals surface area (Å²) in [6.07, 6.45) is 1.37. The fourth-order valence-electron chi connectivity index (χ4n) is 2.37. The molecule has 0 fully saturated rings. The predicted octanol–water partition coefficient (Wildman–Crippen LogP) is 1.62. The number of nitrogens with one attached hydrogen (secondary N) is 1. The van der Waals surface area contributed by atoms with Crippen LogP contribution in [0, 0.1) is 5.82 Å².